The minimum absolute atomic E-state index is 0.207. The Kier molecular flexibility index (Phi) is 10.4. The number of H-pyrrole nitrogens is 1. The molecule has 1 unspecified atom stereocenters. The van der Waals surface area contributed by atoms with Gasteiger partial charge in [-0.25, -0.2) is 0 Å². The molecule has 1 atom stereocenters. The molecule has 4 aromatic rings. The zero-order valence-electron chi connectivity index (χ0n) is 21.0. The number of hydrogen-bond acceptors (Lipinski definition) is 7. The first kappa shape index (κ1) is 26.8. The standard InChI is InChI=1S/C24H26N2O4.C4H8O2/c1-28-21-10-4-5-11-22(21)29-14-13-25-15-17(27)16-30-23-12-6-9-20-24(23)18-7-2-3-8-19(18)26-20;1-3-6-4(2)5/h2-12,17,25-27H,13-16H2,1H3;3H2,1-2H3. The number of carbonyl (C=O) groups excluding carboxylic acids is 1. The summed E-state index contributed by atoms with van der Waals surface area (Å²) in [5.41, 5.74) is 2.09. The molecule has 1 heterocycles. The van der Waals surface area contributed by atoms with Gasteiger partial charge in [0, 0.05) is 36.3 Å². The first-order valence-corrected chi connectivity index (χ1v) is 11.9. The van der Waals surface area contributed by atoms with Crippen LogP contribution in [0.1, 0.15) is 13.8 Å². The summed E-state index contributed by atoms with van der Waals surface area (Å²) >= 11 is 0. The van der Waals surface area contributed by atoms with Crippen LogP contribution in [0.5, 0.6) is 17.2 Å². The number of aromatic nitrogens is 1. The Bertz CT molecular complexity index is 1240. The van der Waals surface area contributed by atoms with Crippen molar-refractivity contribution in [1.82, 2.24) is 10.3 Å². The summed E-state index contributed by atoms with van der Waals surface area (Å²) in [4.78, 5) is 13.2. The lowest BCUT2D eigenvalue weighted by Crippen LogP contribution is -2.33. The van der Waals surface area contributed by atoms with Crippen LogP contribution in [-0.2, 0) is 9.53 Å². The molecule has 8 nitrogen and oxygen atoms in total. The minimum atomic E-state index is -0.628. The summed E-state index contributed by atoms with van der Waals surface area (Å²) in [6.45, 7) is 5.36. The lowest BCUT2D eigenvalue weighted by Gasteiger charge is -2.15. The number of nitrogens with one attached hydrogen (secondary N) is 2. The van der Waals surface area contributed by atoms with Gasteiger partial charge in [0.15, 0.2) is 11.5 Å². The maximum absolute atomic E-state index is 10.3. The number of rotatable bonds is 11. The molecule has 0 fully saturated rings. The van der Waals surface area contributed by atoms with E-state index in [1.807, 2.05) is 60.7 Å². The average Bonchev–Trinajstić information content (AvgIpc) is 3.27. The Balaban J connectivity index is 0.000000538. The second-order valence-corrected chi connectivity index (χ2v) is 7.94. The average molecular weight is 495 g/mol. The maximum Gasteiger partial charge on any atom is 0.302 e. The molecule has 0 aliphatic rings. The van der Waals surface area contributed by atoms with Crippen molar-refractivity contribution in [3.8, 4) is 17.2 Å². The molecule has 8 heteroatoms. The number of hydrogen-bond donors (Lipinski definition) is 3. The quantitative estimate of drug-likeness (QED) is 0.211. The number of methoxy groups -OCH3 is 1. The molecule has 3 aromatic carbocycles. The zero-order chi connectivity index (χ0) is 25.8. The number of carbonyl (C=O) groups is 1. The highest BCUT2D eigenvalue weighted by Crippen LogP contribution is 2.33. The monoisotopic (exact) mass is 494 g/mol. The molecule has 0 spiro atoms. The Morgan fingerprint density at radius 2 is 1.64 bits per heavy atom. The van der Waals surface area contributed by atoms with Gasteiger partial charge in [0.05, 0.1) is 19.2 Å². The van der Waals surface area contributed by atoms with E-state index in [0.29, 0.717) is 37.8 Å². The molecule has 0 bridgehead atoms. The molecule has 1 aromatic heterocycles. The van der Waals surface area contributed by atoms with Crippen LogP contribution in [-0.4, -0.2) is 62.2 Å². The predicted octanol–water partition coefficient (Wildman–Crippen LogP) is 4.31. The third kappa shape index (κ3) is 7.63. The fraction of sp³-hybridized carbons (Fsp3) is 0.321. The van der Waals surface area contributed by atoms with E-state index in [2.05, 4.69) is 21.1 Å². The first-order valence-electron chi connectivity index (χ1n) is 11.9. The van der Waals surface area contributed by atoms with Gasteiger partial charge in [0.25, 0.3) is 0 Å². The largest absolute Gasteiger partial charge is 0.493 e. The smallest absolute Gasteiger partial charge is 0.302 e. The van der Waals surface area contributed by atoms with Crippen LogP contribution >= 0.6 is 0 Å². The van der Waals surface area contributed by atoms with Crippen LogP contribution in [0.15, 0.2) is 66.7 Å². The third-order valence-corrected chi connectivity index (χ3v) is 5.26. The third-order valence-electron chi connectivity index (χ3n) is 5.26. The summed E-state index contributed by atoms with van der Waals surface area (Å²) in [6, 6.07) is 21.6. The van der Waals surface area contributed by atoms with Gasteiger partial charge in [-0.1, -0.05) is 36.4 Å². The summed E-state index contributed by atoms with van der Waals surface area (Å²) in [6.07, 6.45) is -0.628. The molecule has 3 N–H and O–H groups in total. The molecule has 192 valence electrons. The minimum Gasteiger partial charge on any atom is -0.493 e. The molecular formula is C28H34N2O6. The van der Waals surface area contributed by atoms with Crippen LogP contribution in [0, 0.1) is 0 Å². The Morgan fingerprint density at radius 3 is 2.36 bits per heavy atom. The van der Waals surface area contributed by atoms with Crippen molar-refractivity contribution in [2.24, 2.45) is 0 Å². The van der Waals surface area contributed by atoms with Crippen LogP contribution in [0.25, 0.3) is 21.8 Å². The van der Waals surface area contributed by atoms with Crippen LogP contribution < -0.4 is 19.5 Å². The molecule has 0 saturated carbocycles. The fourth-order valence-corrected chi connectivity index (χ4v) is 3.68. The van der Waals surface area contributed by atoms with E-state index in [-0.39, 0.29) is 12.6 Å². The first-order chi connectivity index (χ1) is 17.5. The van der Waals surface area contributed by atoms with E-state index in [9.17, 15) is 9.90 Å². The van der Waals surface area contributed by atoms with Crippen molar-refractivity contribution >= 4 is 27.8 Å². The molecule has 0 aliphatic carbocycles. The molecule has 4 rings (SSSR count). The summed E-state index contributed by atoms with van der Waals surface area (Å²) in [5, 5.41) is 15.6. The van der Waals surface area contributed by atoms with Gasteiger partial charge < -0.3 is 34.4 Å². The Hall–Kier alpha value is -3.75. The highest BCUT2D eigenvalue weighted by Gasteiger charge is 2.11. The number of para-hydroxylation sites is 3. The SMILES string of the molecule is CCOC(C)=O.COc1ccccc1OCCNCC(O)COc1cccc2[nH]c3ccccc3c12. The van der Waals surface area contributed by atoms with Gasteiger partial charge >= 0.3 is 5.97 Å². The fourth-order valence-electron chi connectivity index (χ4n) is 3.68. The maximum atomic E-state index is 10.3. The predicted molar refractivity (Wildman–Crippen MR) is 141 cm³/mol. The lowest BCUT2D eigenvalue weighted by molar-refractivity contribution is -0.140. The van der Waals surface area contributed by atoms with E-state index in [4.69, 9.17) is 14.2 Å². The van der Waals surface area contributed by atoms with E-state index in [1.54, 1.807) is 14.0 Å². The molecular weight excluding hydrogens is 460 g/mol. The van der Waals surface area contributed by atoms with Crippen molar-refractivity contribution in [2.45, 2.75) is 20.0 Å². The second kappa shape index (κ2) is 14.0. The van der Waals surface area contributed by atoms with Crippen molar-refractivity contribution in [3.63, 3.8) is 0 Å². The van der Waals surface area contributed by atoms with Gasteiger partial charge in [0.2, 0.25) is 0 Å². The van der Waals surface area contributed by atoms with Crippen molar-refractivity contribution in [2.75, 3.05) is 40.0 Å². The van der Waals surface area contributed by atoms with Gasteiger partial charge in [-0.05, 0) is 37.3 Å². The molecule has 0 saturated heterocycles. The van der Waals surface area contributed by atoms with Crippen molar-refractivity contribution in [3.05, 3.63) is 66.7 Å². The molecule has 0 aliphatic heterocycles. The van der Waals surface area contributed by atoms with Crippen molar-refractivity contribution < 1.29 is 28.8 Å². The van der Waals surface area contributed by atoms with Gasteiger partial charge in [0.1, 0.15) is 25.1 Å². The summed E-state index contributed by atoms with van der Waals surface area (Å²) in [5.74, 6) is 1.97. The summed E-state index contributed by atoms with van der Waals surface area (Å²) < 4.78 is 21.3. The van der Waals surface area contributed by atoms with E-state index in [0.717, 1.165) is 27.6 Å². The van der Waals surface area contributed by atoms with Crippen LogP contribution in [0.4, 0.5) is 0 Å². The Morgan fingerprint density at radius 1 is 0.944 bits per heavy atom. The number of benzene rings is 3. The molecule has 0 amide bonds. The topological polar surface area (TPSA) is 102 Å². The number of aromatic amines is 1. The number of aliphatic hydroxyl groups is 1. The van der Waals surface area contributed by atoms with E-state index >= 15 is 0 Å². The van der Waals surface area contributed by atoms with E-state index in [1.165, 1.54) is 6.92 Å². The highest BCUT2D eigenvalue weighted by molar-refractivity contribution is 6.10. The zero-order valence-corrected chi connectivity index (χ0v) is 21.0. The van der Waals surface area contributed by atoms with Gasteiger partial charge in [-0.2, -0.15) is 0 Å². The molecule has 0 radical (unpaired) electrons. The van der Waals surface area contributed by atoms with Gasteiger partial charge in [-0.15, -0.1) is 0 Å². The van der Waals surface area contributed by atoms with Crippen LogP contribution in [0.3, 0.4) is 0 Å². The normalized spacial score (nSPS) is 11.4. The highest BCUT2D eigenvalue weighted by atomic mass is 16.5. The van der Waals surface area contributed by atoms with E-state index < -0.39 is 6.10 Å². The lowest BCUT2D eigenvalue weighted by atomic mass is 10.1. The second-order valence-electron chi connectivity index (χ2n) is 7.94. The summed E-state index contributed by atoms with van der Waals surface area (Å²) in [7, 11) is 1.62. The number of fused-ring (bicyclic) bond motifs is 3. The van der Waals surface area contributed by atoms with Crippen LogP contribution in [0.2, 0.25) is 0 Å². The van der Waals surface area contributed by atoms with Crippen molar-refractivity contribution in [1.29, 1.82) is 0 Å². The Labute approximate surface area is 211 Å². The van der Waals surface area contributed by atoms with Gasteiger partial charge in [-0.3, -0.25) is 4.79 Å². The number of aliphatic hydroxyl groups excluding tert-OH is 1. The molecule has 36 heavy (non-hydrogen) atoms. The number of ether oxygens (including phenoxy) is 4. The number of esters is 1.